The molecule has 0 aliphatic heterocycles. The van der Waals surface area contributed by atoms with Gasteiger partial charge in [0.15, 0.2) is 11.6 Å². The lowest BCUT2D eigenvalue weighted by Crippen LogP contribution is -1.80. The number of hydrogen-bond donors (Lipinski definition) is 0. The van der Waals surface area contributed by atoms with E-state index in [0.29, 0.717) is 4.47 Å². The fraction of sp³-hybridized carbons (Fsp3) is 0. The highest BCUT2D eigenvalue weighted by molar-refractivity contribution is 9.10. The summed E-state index contributed by atoms with van der Waals surface area (Å²) in [6, 6.07) is 4.41. The van der Waals surface area contributed by atoms with E-state index >= 15 is 0 Å². The van der Waals surface area contributed by atoms with Gasteiger partial charge in [-0.15, -0.1) is 0 Å². The summed E-state index contributed by atoms with van der Waals surface area (Å²) >= 11 is 2.93. The zero-order valence-corrected chi connectivity index (χ0v) is 5.87. The Morgan fingerprint density at radius 1 is 1.33 bits per heavy atom. The third-order valence-corrected chi connectivity index (χ3v) is 1.28. The number of rotatable bonds is 0. The molecule has 0 atom stereocenters. The van der Waals surface area contributed by atoms with E-state index in [1.807, 2.05) is 0 Å². The number of benzene rings is 1. The smallest absolute Gasteiger partial charge is 0.159 e. The lowest BCUT2D eigenvalue weighted by molar-refractivity contribution is 0.507. The van der Waals surface area contributed by atoms with E-state index < -0.39 is 11.6 Å². The average Bonchev–Trinajstić information content (AvgIpc) is 1.80. The van der Waals surface area contributed by atoms with Gasteiger partial charge in [-0.3, -0.25) is 0 Å². The quantitative estimate of drug-likeness (QED) is 0.554. The molecule has 47 valence electrons. The van der Waals surface area contributed by atoms with Crippen molar-refractivity contribution in [1.29, 1.82) is 0 Å². The van der Waals surface area contributed by atoms with E-state index in [1.165, 1.54) is 0 Å². The highest BCUT2D eigenvalue weighted by Gasteiger charge is 1.98. The molecule has 0 heterocycles. The van der Waals surface area contributed by atoms with Crippen molar-refractivity contribution in [3.05, 3.63) is 34.3 Å². The maximum absolute atomic E-state index is 12.2. The van der Waals surface area contributed by atoms with Gasteiger partial charge in [-0.05, 0) is 12.1 Å². The molecule has 1 aromatic rings. The normalized spacial score (nSPS) is 9.67. The van der Waals surface area contributed by atoms with E-state index in [-0.39, 0.29) is 0 Å². The molecule has 0 saturated heterocycles. The molecule has 0 nitrogen and oxygen atoms in total. The molecule has 0 aromatic heterocycles. The van der Waals surface area contributed by atoms with Gasteiger partial charge >= 0.3 is 0 Å². The lowest BCUT2D eigenvalue weighted by Gasteiger charge is -1.89. The minimum atomic E-state index is -0.877. The van der Waals surface area contributed by atoms with Crippen molar-refractivity contribution in [3.63, 3.8) is 0 Å². The molecule has 0 fully saturated rings. The largest absolute Gasteiger partial charge is 0.204 e. The van der Waals surface area contributed by atoms with Crippen molar-refractivity contribution >= 4 is 15.9 Å². The zero-order chi connectivity index (χ0) is 6.85. The van der Waals surface area contributed by atoms with Crippen LogP contribution < -0.4 is 0 Å². The summed E-state index contributed by atoms with van der Waals surface area (Å²) in [7, 11) is 0. The standard InChI is InChI=1S/C6H2BrF2/c7-4-1-2-5(8)6(9)3-4/h2-3H. The van der Waals surface area contributed by atoms with E-state index in [4.69, 9.17) is 0 Å². The highest BCUT2D eigenvalue weighted by atomic mass is 79.9. The van der Waals surface area contributed by atoms with E-state index in [9.17, 15) is 8.78 Å². The first-order valence-electron chi connectivity index (χ1n) is 2.22. The van der Waals surface area contributed by atoms with Gasteiger partial charge in [0.25, 0.3) is 0 Å². The van der Waals surface area contributed by atoms with Gasteiger partial charge in [0, 0.05) is 10.5 Å². The summed E-state index contributed by atoms with van der Waals surface area (Å²) < 4.78 is 24.6. The second kappa shape index (κ2) is 2.43. The predicted octanol–water partition coefficient (Wildman–Crippen LogP) is 2.53. The molecule has 1 aromatic carbocycles. The molecule has 0 amide bonds. The van der Waals surface area contributed by atoms with Crippen molar-refractivity contribution < 1.29 is 8.78 Å². The highest BCUT2D eigenvalue weighted by Crippen LogP contribution is 2.12. The van der Waals surface area contributed by atoms with Crippen LogP contribution in [0.4, 0.5) is 8.78 Å². The van der Waals surface area contributed by atoms with Gasteiger partial charge in [0.2, 0.25) is 0 Å². The number of halogens is 3. The zero-order valence-electron chi connectivity index (χ0n) is 4.29. The molecule has 0 spiro atoms. The van der Waals surface area contributed by atoms with Crippen LogP contribution in [-0.2, 0) is 0 Å². The maximum atomic E-state index is 12.2. The van der Waals surface area contributed by atoms with Crippen LogP contribution in [-0.4, -0.2) is 0 Å². The molecule has 0 bridgehead atoms. The van der Waals surface area contributed by atoms with Crippen LogP contribution in [0.25, 0.3) is 0 Å². The molecule has 0 saturated carbocycles. The second-order valence-electron chi connectivity index (χ2n) is 1.48. The van der Waals surface area contributed by atoms with Gasteiger partial charge in [0.1, 0.15) is 0 Å². The Morgan fingerprint density at radius 3 is 2.44 bits per heavy atom. The SMILES string of the molecule is Fc1c[c]c(Br)cc1F. The van der Waals surface area contributed by atoms with Crippen LogP contribution >= 0.6 is 15.9 Å². The fourth-order valence-corrected chi connectivity index (χ4v) is 0.739. The van der Waals surface area contributed by atoms with E-state index in [1.54, 1.807) is 0 Å². The summed E-state index contributed by atoms with van der Waals surface area (Å²) in [5.41, 5.74) is 0. The molecule has 9 heavy (non-hydrogen) atoms. The molecular weight excluding hydrogens is 190 g/mol. The van der Waals surface area contributed by atoms with Crippen LogP contribution in [0.3, 0.4) is 0 Å². The van der Waals surface area contributed by atoms with Gasteiger partial charge < -0.3 is 0 Å². The van der Waals surface area contributed by atoms with Crippen LogP contribution in [0, 0.1) is 17.7 Å². The average molecular weight is 192 g/mol. The lowest BCUT2D eigenvalue weighted by atomic mass is 10.3. The summed E-state index contributed by atoms with van der Waals surface area (Å²) in [4.78, 5) is 0. The maximum Gasteiger partial charge on any atom is 0.159 e. The predicted molar refractivity (Wildman–Crippen MR) is 32.9 cm³/mol. The van der Waals surface area contributed by atoms with E-state index in [2.05, 4.69) is 22.0 Å². The summed E-state index contributed by atoms with van der Waals surface area (Å²) in [5, 5.41) is 0. The fourth-order valence-electron chi connectivity index (χ4n) is 0.423. The third-order valence-electron chi connectivity index (χ3n) is 0.818. The minimum Gasteiger partial charge on any atom is -0.204 e. The van der Waals surface area contributed by atoms with Gasteiger partial charge in [-0.2, -0.15) is 0 Å². The van der Waals surface area contributed by atoms with Gasteiger partial charge in [-0.1, -0.05) is 15.9 Å². The van der Waals surface area contributed by atoms with Crippen LogP contribution in [0.15, 0.2) is 16.6 Å². The van der Waals surface area contributed by atoms with Crippen molar-refractivity contribution in [2.24, 2.45) is 0 Å². The van der Waals surface area contributed by atoms with E-state index in [0.717, 1.165) is 12.1 Å². The first-order chi connectivity index (χ1) is 4.20. The Labute approximate surface area is 59.6 Å². The summed E-state index contributed by atoms with van der Waals surface area (Å²) in [6.45, 7) is 0. The number of hydrogen-bond acceptors (Lipinski definition) is 0. The molecule has 1 rings (SSSR count). The molecule has 3 heteroatoms. The summed E-state index contributed by atoms with van der Waals surface area (Å²) in [5.74, 6) is -1.74. The minimum absolute atomic E-state index is 0.418. The molecule has 0 N–H and O–H groups in total. The Kier molecular flexibility index (Phi) is 1.81. The Hall–Kier alpha value is -0.440. The van der Waals surface area contributed by atoms with Crippen molar-refractivity contribution in [3.8, 4) is 0 Å². The monoisotopic (exact) mass is 191 g/mol. The second-order valence-corrected chi connectivity index (χ2v) is 2.33. The Morgan fingerprint density at radius 2 is 2.00 bits per heavy atom. The summed E-state index contributed by atoms with van der Waals surface area (Å²) in [6.07, 6.45) is 0. The molecule has 0 unspecified atom stereocenters. The topological polar surface area (TPSA) is 0 Å². The van der Waals surface area contributed by atoms with Crippen LogP contribution in [0.5, 0.6) is 0 Å². The first kappa shape index (κ1) is 6.68. The molecule has 0 aliphatic carbocycles. The van der Waals surface area contributed by atoms with Crippen molar-refractivity contribution in [1.82, 2.24) is 0 Å². The van der Waals surface area contributed by atoms with Crippen molar-refractivity contribution in [2.45, 2.75) is 0 Å². The van der Waals surface area contributed by atoms with Crippen molar-refractivity contribution in [2.75, 3.05) is 0 Å². The molecule has 1 radical (unpaired) electrons. The van der Waals surface area contributed by atoms with Crippen LogP contribution in [0.2, 0.25) is 0 Å². The molecular formula is C6H2BrF2. The Balaban J connectivity index is 3.17. The Bertz CT molecular complexity index is 222. The van der Waals surface area contributed by atoms with Crippen LogP contribution in [0.1, 0.15) is 0 Å². The third kappa shape index (κ3) is 1.48. The molecule has 0 aliphatic rings. The van der Waals surface area contributed by atoms with Gasteiger partial charge in [-0.25, -0.2) is 8.78 Å². The van der Waals surface area contributed by atoms with Gasteiger partial charge in [0.05, 0.1) is 0 Å². The first-order valence-corrected chi connectivity index (χ1v) is 3.01.